The quantitative estimate of drug-likeness (QED) is 0.851. The maximum absolute atomic E-state index is 12.5. The molecule has 104 valence electrons. The van der Waals surface area contributed by atoms with Crippen LogP contribution in [0.15, 0.2) is 24.5 Å². The third-order valence-electron chi connectivity index (χ3n) is 3.92. The van der Waals surface area contributed by atoms with Crippen LogP contribution < -0.4 is 5.73 Å². The van der Waals surface area contributed by atoms with Gasteiger partial charge in [-0.1, -0.05) is 20.3 Å². The molecule has 4 heteroatoms. The van der Waals surface area contributed by atoms with Gasteiger partial charge in [0.25, 0.3) is 0 Å². The molecule has 1 amide bonds. The van der Waals surface area contributed by atoms with Gasteiger partial charge in [0.05, 0.1) is 6.04 Å². The molecule has 1 aliphatic carbocycles. The van der Waals surface area contributed by atoms with Crippen LogP contribution in [0.25, 0.3) is 0 Å². The first-order valence-electron chi connectivity index (χ1n) is 7.08. The zero-order valence-electron chi connectivity index (χ0n) is 11.7. The number of pyridine rings is 1. The molecule has 0 spiro atoms. The normalized spacial score (nSPS) is 17.8. The van der Waals surface area contributed by atoms with Gasteiger partial charge in [-0.3, -0.25) is 9.78 Å². The fraction of sp³-hybridized carbons (Fsp3) is 0.600. The van der Waals surface area contributed by atoms with E-state index in [2.05, 4.69) is 11.9 Å². The molecular weight excluding hydrogens is 238 g/mol. The van der Waals surface area contributed by atoms with E-state index in [1.807, 2.05) is 24.0 Å². The predicted octanol–water partition coefficient (Wildman–Crippen LogP) is 1.95. The number of carbonyl (C=O) groups excluding carboxylic acids is 1. The number of aromatic nitrogens is 1. The number of amides is 1. The Morgan fingerprint density at radius 1 is 1.47 bits per heavy atom. The summed E-state index contributed by atoms with van der Waals surface area (Å²) in [6.07, 6.45) is 6.66. The van der Waals surface area contributed by atoms with Crippen molar-refractivity contribution in [3.8, 4) is 0 Å². The molecule has 0 bridgehead atoms. The van der Waals surface area contributed by atoms with Crippen LogP contribution in [0.2, 0.25) is 0 Å². The number of hydrogen-bond acceptors (Lipinski definition) is 3. The van der Waals surface area contributed by atoms with Crippen LogP contribution in [0.5, 0.6) is 0 Å². The molecule has 2 N–H and O–H groups in total. The molecule has 4 nitrogen and oxygen atoms in total. The molecule has 0 saturated heterocycles. The zero-order chi connectivity index (χ0) is 13.8. The largest absolute Gasteiger partial charge is 0.334 e. The Morgan fingerprint density at radius 3 is 2.63 bits per heavy atom. The minimum Gasteiger partial charge on any atom is -0.334 e. The lowest BCUT2D eigenvalue weighted by Gasteiger charge is -2.28. The van der Waals surface area contributed by atoms with Crippen molar-refractivity contribution in [1.29, 1.82) is 0 Å². The summed E-state index contributed by atoms with van der Waals surface area (Å²) in [6.45, 7) is 4.76. The van der Waals surface area contributed by atoms with Gasteiger partial charge in [0.15, 0.2) is 0 Å². The van der Waals surface area contributed by atoms with Gasteiger partial charge in [-0.05, 0) is 36.5 Å². The Kier molecular flexibility index (Phi) is 4.53. The fourth-order valence-electron chi connectivity index (χ4n) is 2.15. The van der Waals surface area contributed by atoms with Gasteiger partial charge < -0.3 is 10.6 Å². The summed E-state index contributed by atoms with van der Waals surface area (Å²) in [4.78, 5) is 18.5. The number of nitrogens with two attached hydrogens (primary N) is 1. The maximum Gasteiger partial charge on any atom is 0.240 e. The highest BCUT2D eigenvalue weighted by Gasteiger charge is 2.35. The van der Waals surface area contributed by atoms with Gasteiger partial charge in [0.2, 0.25) is 5.91 Å². The molecule has 1 aromatic heterocycles. The Labute approximate surface area is 115 Å². The summed E-state index contributed by atoms with van der Waals surface area (Å²) in [5.41, 5.74) is 7.21. The molecule has 2 atom stereocenters. The first kappa shape index (κ1) is 14.0. The van der Waals surface area contributed by atoms with Crippen LogP contribution in [0.1, 0.15) is 38.7 Å². The number of nitrogens with zero attached hydrogens (tertiary/aromatic N) is 2. The van der Waals surface area contributed by atoms with Crippen LogP contribution in [-0.4, -0.2) is 27.9 Å². The van der Waals surface area contributed by atoms with Gasteiger partial charge in [0, 0.05) is 25.0 Å². The molecule has 1 aliphatic rings. The fourth-order valence-corrected chi connectivity index (χ4v) is 2.15. The van der Waals surface area contributed by atoms with Gasteiger partial charge in [-0.25, -0.2) is 0 Å². The third-order valence-corrected chi connectivity index (χ3v) is 3.92. The second kappa shape index (κ2) is 6.15. The summed E-state index contributed by atoms with van der Waals surface area (Å²) >= 11 is 0. The van der Waals surface area contributed by atoms with Crippen molar-refractivity contribution >= 4 is 5.91 Å². The second-order valence-corrected chi connectivity index (χ2v) is 5.46. The van der Waals surface area contributed by atoms with E-state index in [1.54, 1.807) is 12.4 Å². The highest BCUT2D eigenvalue weighted by molar-refractivity contribution is 5.82. The predicted molar refractivity (Wildman–Crippen MR) is 75.2 cm³/mol. The molecule has 2 rings (SSSR count). The smallest absolute Gasteiger partial charge is 0.240 e. The third kappa shape index (κ3) is 3.53. The van der Waals surface area contributed by atoms with Crippen LogP contribution >= 0.6 is 0 Å². The van der Waals surface area contributed by atoms with Crippen molar-refractivity contribution in [2.75, 3.05) is 0 Å². The Bertz CT molecular complexity index is 417. The minimum atomic E-state index is -0.382. The lowest BCUT2D eigenvalue weighted by atomic mass is 9.98. The molecule has 0 aliphatic heterocycles. The number of hydrogen-bond donors (Lipinski definition) is 1. The van der Waals surface area contributed by atoms with Crippen molar-refractivity contribution < 1.29 is 4.79 Å². The average molecular weight is 261 g/mol. The summed E-state index contributed by atoms with van der Waals surface area (Å²) in [6, 6.07) is 3.91. The lowest BCUT2D eigenvalue weighted by molar-refractivity contribution is -0.135. The Morgan fingerprint density at radius 2 is 2.11 bits per heavy atom. The lowest BCUT2D eigenvalue weighted by Crippen LogP contribution is -2.47. The monoisotopic (exact) mass is 261 g/mol. The van der Waals surface area contributed by atoms with E-state index < -0.39 is 0 Å². The summed E-state index contributed by atoms with van der Waals surface area (Å²) in [5.74, 6) is 0.319. The van der Waals surface area contributed by atoms with Crippen molar-refractivity contribution in [2.24, 2.45) is 11.7 Å². The van der Waals surface area contributed by atoms with Gasteiger partial charge in [-0.2, -0.15) is 0 Å². The van der Waals surface area contributed by atoms with Crippen LogP contribution in [0, 0.1) is 5.92 Å². The molecule has 0 radical (unpaired) electrons. The maximum atomic E-state index is 12.5. The summed E-state index contributed by atoms with van der Waals surface area (Å²) < 4.78 is 0. The molecule has 0 aromatic carbocycles. The van der Waals surface area contributed by atoms with Crippen molar-refractivity contribution in [3.63, 3.8) is 0 Å². The highest BCUT2D eigenvalue weighted by atomic mass is 16.2. The molecule has 1 unspecified atom stereocenters. The molecule has 19 heavy (non-hydrogen) atoms. The molecular formula is C15H23N3O. The van der Waals surface area contributed by atoms with E-state index >= 15 is 0 Å². The average Bonchev–Trinajstić information content (AvgIpc) is 3.28. The van der Waals surface area contributed by atoms with Gasteiger partial charge >= 0.3 is 0 Å². The zero-order valence-corrected chi connectivity index (χ0v) is 11.7. The van der Waals surface area contributed by atoms with Crippen LogP contribution in [0.4, 0.5) is 0 Å². The first-order chi connectivity index (χ1) is 9.13. The topological polar surface area (TPSA) is 59.2 Å². The summed E-state index contributed by atoms with van der Waals surface area (Å²) in [7, 11) is 0. The molecule has 1 aromatic rings. The molecule has 1 saturated carbocycles. The SMILES string of the molecule is CCC(C)[C@H](N)C(=O)N(Cc1ccncc1)C1CC1. The van der Waals surface area contributed by atoms with Crippen molar-refractivity contribution in [1.82, 2.24) is 9.88 Å². The second-order valence-electron chi connectivity index (χ2n) is 5.46. The molecule has 1 fully saturated rings. The van der Waals surface area contributed by atoms with Crippen LogP contribution in [-0.2, 0) is 11.3 Å². The Hall–Kier alpha value is -1.42. The summed E-state index contributed by atoms with van der Waals surface area (Å²) in [5, 5.41) is 0. The van der Waals surface area contributed by atoms with Crippen molar-refractivity contribution in [2.45, 2.75) is 51.7 Å². The molecule has 1 heterocycles. The van der Waals surface area contributed by atoms with Gasteiger partial charge in [-0.15, -0.1) is 0 Å². The Balaban J connectivity index is 2.06. The van der Waals surface area contributed by atoms with Gasteiger partial charge in [0.1, 0.15) is 0 Å². The number of rotatable bonds is 6. The highest BCUT2D eigenvalue weighted by Crippen LogP contribution is 2.29. The van der Waals surface area contributed by atoms with E-state index in [0.29, 0.717) is 12.6 Å². The van der Waals surface area contributed by atoms with Crippen LogP contribution in [0.3, 0.4) is 0 Å². The standard InChI is InChI=1S/C15H23N3O/c1-3-11(2)14(16)15(19)18(13-4-5-13)10-12-6-8-17-9-7-12/h6-9,11,13-14H,3-5,10,16H2,1-2H3/t11?,14-/m0/s1. The van der Waals surface area contributed by atoms with E-state index in [9.17, 15) is 4.79 Å². The van der Waals surface area contributed by atoms with Crippen molar-refractivity contribution in [3.05, 3.63) is 30.1 Å². The van der Waals surface area contributed by atoms with E-state index in [4.69, 9.17) is 5.73 Å². The van der Waals surface area contributed by atoms with E-state index in [-0.39, 0.29) is 17.9 Å². The number of carbonyl (C=O) groups is 1. The minimum absolute atomic E-state index is 0.0914. The van der Waals surface area contributed by atoms with E-state index in [1.165, 1.54) is 0 Å². The first-order valence-corrected chi connectivity index (χ1v) is 7.08. The van der Waals surface area contributed by atoms with E-state index in [0.717, 1.165) is 24.8 Å².